The highest BCUT2D eigenvalue weighted by Gasteiger charge is 2.21. The summed E-state index contributed by atoms with van der Waals surface area (Å²) in [5.74, 6) is 0.917. The number of aromatic nitrogens is 1. The Hall–Kier alpha value is -1.13. The van der Waals surface area contributed by atoms with Gasteiger partial charge in [-0.1, -0.05) is 6.92 Å². The van der Waals surface area contributed by atoms with Crippen molar-refractivity contribution in [1.29, 1.82) is 0 Å². The number of rotatable bonds is 7. The molecule has 4 heteroatoms. The monoisotopic (exact) mass is 251 g/mol. The lowest BCUT2D eigenvalue weighted by Crippen LogP contribution is -2.43. The molecule has 0 saturated carbocycles. The van der Waals surface area contributed by atoms with Crippen LogP contribution in [0.1, 0.15) is 26.3 Å². The third kappa shape index (κ3) is 4.27. The Labute approximate surface area is 110 Å². The summed E-state index contributed by atoms with van der Waals surface area (Å²) in [6, 6.07) is 1.93. The van der Waals surface area contributed by atoms with Crippen LogP contribution in [0.2, 0.25) is 0 Å². The van der Waals surface area contributed by atoms with Crippen LogP contribution in [-0.4, -0.2) is 42.7 Å². The quantitative estimate of drug-likeness (QED) is 0.803. The zero-order valence-corrected chi connectivity index (χ0v) is 12.2. The van der Waals surface area contributed by atoms with E-state index in [2.05, 4.69) is 50.1 Å². The molecule has 1 N–H and O–H groups in total. The van der Waals surface area contributed by atoms with E-state index in [0.29, 0.717) is 6.61 Å². The van der Waals surface area contributed by atoms with Crippen molar-refractivity contribution in [3.8, 4) is 5.75 Å². The highest BCUT2D eigenvalue weighted by Crippen LogP contribution is 2.19. The molecule has 0 aliphatic rings. The Kier molecular flexibility index (Phi) is 5.56. The van der Waals surface area contributed by atoms with Crippen molar-refractivity contribution >= 4 is 0 Å². The predicted octanol–water partition coefficient (Wildman–Crippen LogP) is 1.91. The van der Waals surface area contributed by atoms with Gasteiger partial charge in [0.1, 0.15) is 12.4 Å². The Morgan fingerprint density at radius 2 is 2.11 bits per heavy atom. The van der Waals surface area contributed by atoms with E-state index >= 15 is 0 Å². The fourth-order valence-electron chi connectivity index (χ4n) is 1.33. The minimum absolute atomic E-state index is 0.0126. The van der Waals surface area contributed by atoms with Crippen molar-refractivity contribution in [3.05, 3.63) is 24.0 Å². The van der Waals surface area contributed by atoms with Crippen LogP contribution >= 0.6 is 0 Å². The molecule has 1 heterocycles. The van der Waals surface area contributed by atoms with Gasteiger partial charge < -0.3 is 15.0 Å². The van der Waals surface area contributed by atoms with Crippen LogP contribution in [0.25, 0.3) is 0 Å². The number of likely N-dealkylation sites (N-methyl/N-ethyl adjacent to an activating group) is 1. The van der Waals surface area contributed by atoms with E-state index < -0.39 is 0 Å². The van der Waals surface area contributed by atoms with Gasteiger partial charge >= 0.3 is 0 Å². The lowest BCUT2D eigenvalue weighted by Gasteiger charge is -2.32. The van der Waals surface area contributed by atoms with E-state index in [0.717, 1.165) is 24.4 Å². The second-order valence-electron chi connectivity index (χ2n) is 5.26. The van der Waals surface area contributed by atoms with Crippen LogP contribution in [0.15, 0.2) is 18.5 Å². The second-order valence-corrected chi connectivity index (χ2v) is 5.26. The average Bonchev–Trinajstić information content (AvgIpc) is 2.34. The van der Waals surface area contributed by atoms with Crippen LogP contribution in [0, 0.1) is 0 Å². The van der Waals surface area contributed by atoms with Gasteiger partial charge in [-0.3, -0.25) is 4.98 Å². The van der Waals surface area contributed by atoms with Crippen LogP contribution in [-0.2, 0) is 6.54 Å². The lowest BCUT2D eigenvalue weighted by atomic mass is 10.1. The maximum atomic E-state index is 5.94. The normalized spacial score (nSPS) is 11.9. The van der Waals surface area contributed by atoms with Gasteiger partial charge in [0.2, 0.25) is 0 Å². The van der Waals surface area contributed by atoms with Crippen molar-refractivity contribution in [2.45, 2.75) is 32.9 Å². The Morgan fingerprint density at radius 3 is 2.72 bits per heavy atom. The first-order valence-electron chi connectivity index (χ1n) is 6.41. The molecular weight excluding hydrogens is 226 g/mol. The summed E-state index contributed by atoms with van der Waals surface area (Å²) in [6.45, 7) is 8.81. The third-order valence-corrected chi connectivity index (χ3v) is 3.22. The SMILES string of the molecule is CCNCc1cnccc1OCC(C)(C)N(C)C. The Bertz CT molecular complexity index is 364. The molecule has 1 aromatic heterocycles. The Morgan fingerprint density at radius 1 is 1.39 bits per heavy atom. The standard InChI is InChI=1S/C14H25N3O/c1-6-15-9-12-10-16-8-7-13(12)18-11-14(2,3)17(4)5/h7-8,10,15H,6,9,11H2,1-5H3. The molecule has 102 valence electrons. The van der Waals surface area contributed by atoms with E-state index in [-0.39, 0.29) is 5.54 Å². The van der Waals surface area contributed by atoms with Crippen LogP contribution in [0.3, 0.4) is 0 Å². The molecule has 0 fully saturated rings. The number of hydrogen-bond acceptors (Lipinski definition) is 4. The number of nitrogens with one attached hydrogen (secondary N) is 1. The van der Waals surface area contributed by atoms with Crippen molar-refractivity contribution in [2.24, 2.45) is 0 Å². The highest BCUT2D eigenvalue weighted by molar-refractivity contribution is 5.30. The van der Waals surface area contributed by atoms with Crippen molar-refractivity contribution in [2.75, 3.05) is 27.2 Å². The molecule has 1 aromatic rings. The molecule has 0 unspecified atom stereocenters. The molecular formula is C14H25N3O. The largest absolute Gasteiger partial charge is 0.491 e. The zero-order chi connectivity index (χ0) is 13.6. The molecule has 0 atom stereocenters. The molecule has 0 aliphatic heterocycles. The molecule has 0 amide bonds. The molecule has 18 heavy (non-hydrogen) atoms. The minimum atomic E-state index is 0.0126. The molecule has 0 spiro atoms. The molecule has 0 saturated heterocycles. The molecule has 0 radical (unpaired) electrons. The maximum Gasteiger partial charge on any atom is 0.126 e. The van der Waals surface area contributed by atoms with E-state index in [1.165, 1.54) is 0 Å². The number of hydrogen-bond donors (Lipinski definition) is 1. The maximum absolute atomic E-state index is 5.94. The topological polar surface area (TPSA) is 37.4 Å². The van der Waals surface area contributed by atoms with Gasteiger partial charge in [0.15, 0.2) is 0 Å². The molecule has 4 nitrogen and oxygen atoms in total. The fourth-order valence-corrected chi connectivity index (χ4v) is 1.33. The number of ether oxygens (including phenoxy) is 1. The van der Waals surface area contributed by atoms with Crippen molar-refractivity contribution < 1.29 is 4.74 Å². The van der Waals surface area contributed by atoms with E-state index in [4.69, 9.17) is 4.74 Å². The number of pyridine rings is 1. The smallest absolute Gasteiger partial charge is 0.126 e. The summed E-state index contributed by atoms with van der Waals surface area (Å²) in [5, 5.41) is 3.29. The average molecular weight is 251 g/mol. The lowest BCUT2D eigenvalue weighted by molar-refractivity contribution is 0.113. The summed E-state index contributed by atoms with van der Waals surface area (Å²) < 4.78 is 5.94. The first-order chi connectivity index (χ1) is 8.47. The van der Waals surface area contributed by atoms with Crippen molar-refractivity contribution in [3.63, 3.8) is 0 Å². The molecule has 0 aromatic carbocycles. The van der Waals surface area contributed by atoms with Gasteiger partial charge in [-0.05, 0) is 40.6 Å². The van der Waals surface area contributed by atoms with Crippen LogP contribution in [0.4, 0.5) is 0 Å². The van der Waals surface area contributed by atoms with Gasteiger partial charge in [0, 0.05) is 30.0 Å². The zero-order valence-electron chi connectivity index (χ0n) is 12.2. The fraction of sp³-hybridized carbons (Fsp3) is 0.643. The van der Waals surface area contributed by atoms with Gasteiger partial charge in [-0.25, -0.2) is 0 Å². The van der Waals surface area contributed by atoms with Gasteiger partial charge in [-0.15, -0.1) is 0 Å². The highest BCUT2D eigenvalue weighted by atomic mass is 16.5. The van der Waals surface area contributed by atoms with Gasteiger partial charge in [-0.2, -0.15) is 0 Å². The third-order valence-electron chi connectivity index (χ3n) is 3.22. The summed E-state index contributed by atoms with van der Waals surface area (Å²) in [6.07, 6.45) is 3.63. The van der Waals surface area contributed by atoms with E-state index in [1.807, 2.05) is 12.3 Å². The minimum Gasteiger partial charge on any atom is -0.491 e. The van der Waals surface area contributed by atoms with Crippen molar-refractivity contribution in [1.82, 2.24) is 15.2 Å². The first kappa shape index (κ1) is 14.9. The van der Waals surface area contributed by atoms with Gasteiger partial charge in [0.05, 0.1) is 0 Å². The predicted molar refractivity (Wildman–Crippen MR) is 74.9 cm³/mol. The summed E-state index contributed by atoms with van der Waals surface area (Å²) >= 11 is 0. The molecule has 0 aliphatic carbocycles. The van der Waals surface area contributed by atoms with E-state index in [1.54, 1.807) is 6.20 Å². The van der Waals surface area contributed by atoms with E-state index in [9.17, 15) is 0 Å². The van der Waals surface area contributed by atoms with Gasteiger partial charge in [0.25, 0.3) is 0 Å². The summed E-state index contributed by atoms with van der Waals surface area (Å²) in [7, 11) is 4.13. The Balaban J connectivity index is 2.66. The first-order valence-corrected chi connectivity index (χ1v) is 6.41. The van der Waals surface area contributed by atoms with Crippen LogP contribution < -0.4 is 10.1 Å². The molecule has 0 bridgehead atoms. The summed E-state index contributed by atoms with van der Waals surface area (Å²) in [5.41, 5.74) is 1.12. The number of nitrogens with zero attached hydrogens (tertiary/aromatic N) is 2. The summed E-state index contributed by atoms with van der Waals surface area (Å²) in [4.78, 5) is 6.31. The van der Waals surface area contributed by atoms with Crippen LogP contribution in [0.5, 0.6) is 5.75 Å². The molecule has 1 rings (SSSR count). The second kappa shape index (κ2) is 6.71.